The summed E-state index contributed by atoms with van der Waals surface area (Å²) in [7, 11) is 1.26. The molecule has 3 rings (SSSR count). The minimum atomic E-state index is -0.937. The van der Waals surface area contributed by atoms with Crippen molar-refractivity contribution in [2.24, 2.45) is 5.92 Å². The molecule has 2 heterocycles. The molecule has 1 aromatic carbocycles. The van der Waals surface area contributed by atoms with Gasteiger partial charge in [0.25, 0.3) is 11.8 Å². The number of allylic oxidation sites excluding steroid dienone is 1. The summed E-state index contributed by atoms with van der Waals surface area (Å²) in [5, 5.41) is 6.20. The molecule has 1 unspecified atom stereocenters. The maximum Gasteiger partial charge on any atom is 0.328 e. The zero-order chi connectivity index (χ0) is 22.4. The van der Waals surface area contributed by atoms with Crippen molar-refractivity contribution < 1.29 is 23.5 Å². The Morgan fingerprint density at radius 1 is 1.16 bits per heavy atom. The molecular formula is C23H25N3O5. The number of H-pyrrole nitrogens is 1. The second-order valence-corrected chi connectivity index (χ2v) is 7.37. The van der Waals surface area contributed by atoms with Crippen molar-refractivity contribution in [1.29, 1.82) is 0 Å². The number of hydrogen-bond donors (Lipinski definition) is 3. The van der Waals surface area contributed by atoms with E-state index in [1.165, 1.54) is 19.4 Å². The van der Waals surface area contributed by atoms with Crippen LogP contribution in [-0.4, -0.2) is 35.9 Å². The molecule has 0 radical (unpaired) electrons. The van der Waals surface area contributed by atoms with Crippen molar-refractivity contribution in [2.45, 2.75) is 26.3 Å². The number of furan rings is 1. The Labute approximate surface area is 179 Å². The number of hydrogen-bond acceptors (Lipinski definition) is 5. The molecule has 2 amide bonds. The molecule has 1 atom stereocenters. The standard InChI is InChI=1S/C23H25N3O5/c1-14(2)11-18(25-22(28)20-9-6-10-31-20)21(27)26-19(23(29)30-3)12-15-13-24-17-8-5-4-7-16(15)17/h4-11,13-14,19,24H,12H2,1-3H3,(H,25,28)(H,26,27)/b18-11-. The molecule has 0 fully saturated rings. The lowest BCUT2D eigenvalue weighted by Crippen LogP contribution is -2.46. The van der Waals surface area contributed by atoms with Gasteiger partial charge in [-0.15, -0.1) is 0 Å². The molecule has 3 N–H and O–H groups in total. The highest BCUT2D eigenvalue weighted by atomic mass is 16.5. The summed E-state index contributed by atoms with van der Waals surface area (Å²) in [6.45, 7) is 3.74. The minimum Gasteiger partial charge on any atom is -0.467 e. The molecule has 2 aromatic heterocycles. The number of aromatic nitrogens is 1. The molecule has 0 bridgehead atoms. The SMILES string of the molecule is COC(=O)C(Cc1c[nH]c2ccccc12)NC(=O)/C(=C/C(C)C)NC(=O)c1ccco1. The van der Waals surface area contributed by atoms with E-state index in [1.807, 2.05) is 38.1 Å². The lowest BCUT2D eigenvalue weighted by molar-refractivity contribution is -0.144. The van der Waals surface area contributed by atoms with E-state index in [0.717, 1.165) is 16.5 Å². The maximum atomic E-state index is 13.0. The van der Waals surface area contributed by atoms with E-state index in [9.17, 15) is 14.4 Å². The number of amides is 2. The minimum absolute atomic E-state index is 0.0251. The smallest absolute Gasteiger partial charge is 0.328 e. The molecule has 0 aliphatic rings. The van der Waals surface area contributed by atoms with Crippen LogP contribution in [0.25, 0.3) is 10.9 Å². The fourth-order valence-corrected chi connectivity index (χ4v) is 3.19. The number of carbonyl (C=O) groups excluding carboxylic acids is 3. The Balaban J connectivity index is 1.80. The van der Waals surface area contributed by atoms with Crippen LogP contribution < -0.4 is 10.6 Å². The molecule has 0 saturated carbocycles. The largest absolute Gasteiger partial charge is 0.467 e. The first-order valence-corrected chi connectivity index (χ1v) is 9.89. The summed E-state index contributed by atoms with van der Waals surface area (Å²) in [6.07, 6.45) is 5.01. The van der Waals surface area contributed by atoms with Gasteiger partial charge in [-0.25, -0.2) is 4.79 Å². The van der Waals surface area contributed by atoms with Crippen LogP contribution in [0, 0.1) is 5.92 Å². The van der Waals surface area contributed by atoms with Crippen LogP contribution in [-0.2, 0) is 20.7 Å². The highest BCUT2D eigenvalue weighted by Crippen LogP contribution is 2.19. The third-order valence-electron chi connectivity index (χ3n) is 4.63. The first-order valence-electron chi connectivity index (χ1n) is 9.89. The number of benzene rings is 1. The zero-order valence-electron chi connectivity index (χ0n) is 17.6. The van der Waals surface area contributed by atoms with Gasteiger partial charge >= 0.3 is 5.97 Å². The average Bonchev–Trinajstić information content (AvgIpc) is 3.42. The van der Waals surface area contributed by atoms with Crippen molar-refractivity contribution >= 4 is 28.7 Å². The Morgan fingerprint density at radius 3 is 2.61 bits per heavy atom. The van der Waals surface area contributed by atoms with Gasteiger partial charge in [0.15, 0.2) is 5.76 Å². The van der Waals surface area contributed by atoms with Gasteiger partial charge in [-0.1, -0.05) is 38.1 Å². The van der Waals surface area contributed by atoms with Crippen molar-refractivity contribution in [3.63, 3.8) is 0 Å². The van der Waals surface area contributed by atoms with E-state index in [1.54, 1.807) is 18.3 Å². The van der Waals surface area contributed by atoms with E-state index in [4.69, 9.17) is 9.15 Å². The predicted molar refractivity (Wildman–Crippen MR) is 115 cm³/mol. The zero-order valence-corrected chi connectivity index (χ0v) is 17.6. The van der Waals surface area contributed by atoms with E-state index in [-0.39, 0.29) is 23.8 Å². The highest BCUT2D eigenvalue weighted by Gasteiger charge is 2.26. The van der Waals surface area contributed by atoms with Crippen LogP contribution in [0.3, 0.4) is 0 Å². The van der Waals surface area contributed by atoms with Gasteiger partial charge in [-0.2, -0.15) is 0 Å². The predicted octanol–water partition coefficient (Wildman–Crippen LogP) is 2.93. The number of aromatic amines is 1. The second kappa shape index (κ2) is 9.80. The Bertz CT molecular complexity index is 1100. The fourth-order valence-electron chi connectivity index (χ4n) is 3.19. The topological polar surface area (TPSA) is 113 Å². The third kappa shape index (κ3) is 5.42. The van der Waals surface area contributed by atoms with Crippen molar-refractivity contribution in [3.05, 3.63) is 72.0 Å². The highest BCUT2D eigenvalue weighted by molar-refractivity contribution is 6.02. The fraction of sp³-hybridized carbons (Fsp3) is 0.261. The number of esters is 1. The van der Waals surface area contributed by atoms with Gasteiger partial charge in [0, 0.05) is 23.5 Å². The summed E-state index contributed by atoms with van der Waals surface area (Å²) in [5.74, 6) is -1.68. The van der Waals surface area contributed by atoms with E-state index < -0.39 is 23.8 Å². The number of fused-ring (bicyclic) bond motifs is 1. The Morgan fingerprint density at radius 2 is 1.94 bits per heavy atom. The van der Waals surface area contributed by atoms with Crippen molar-refractivity contribution in [2.75, 3.05) is 7.11 Å². The first-order chi connectivity index (χ1) is 14.9. The van der Waals surface area contributed by atoms with Crippen LogP contribution in [0.1, 0.15) is 30.0 Å². The van der Waals surface area contributed by atoms with Gasteiger partial charge in [-0.05, 0) is 29.7 Å². The molecule has 162 valence electrons. The molecule has 3 aromatic rings. The number of para-hydroxylation sites is 1. The lowest BCUT2D eigenvalue weighted by atomic mass is 10.0. The molecule has 8 heteroatoms. The van der Waals surface area contributed by atoms with Crippen LogP contribution in [0.15, 0.2) is 65.0 Å². The average molecular weight is 423 g/mol. The Kier molecular flexibility index (Phi) is 6.92. The summed E-state index contributed by atoms with van der Waals surface area (Å²) < 4.78 is 9.97. The normalized spacial score (nSPS) is 12.6. The van der Waals surface area contributed by atoms with Gasteiger partial charge in [-0.3, -0.25) is 9.59 Å². The monoisotopic (exact) mass is 423 g/mol. The van der Waals surface area contributed by atoms with Gasteiger partial charge < -0.3 is 24.8 Å². The molecular weight excluding hydrogens is 398 g/mol. The lowest BCUT2D eigenvalue weighted by Gasteiger charge is -2.18. The number of nitrogens with one attached hydrogen (secondary N) is 3. The molecule has 0 saturated heterocycles. The molecule has 0 aliphatic carbocycles. The van der Waals surface area contributed by atoms with Crippen LogP contribution in [0.2, 0.25) is 0 Å². The Hall–Kier alpha value is -3.81. The van der Waals surface area contributed by atoms with Gasteiger partial charge in [0.1, 0.15) is 11.7 Å². The number of carbonyl (C=O) groups is 3. The van der Waals surface area contributed by atoms with Crippen LogP contribution >= 0.6 is 0 Å². The summed E-state index contributed by atoms with van der Waals surface area (Å²) in [5.41, 5.74) is 1.82. The summed E-state index contributed by atoms with van der Waals surface area (Å²) in [6, 6.07) is 9.81. The summed E-state index contributed by atoms with van der Waals surface area (Å²) >= 11 is 0. The molecule has 31 heavy (non-hydrogen) atoms. The molecule has 8 nitrogen and oxygen atoms in total. The number of methoxy groups -OCH3 is 1. The van der Waals surface area contributed by atoms with E-state index >= 15 is 0 Å². The second-order valence-electron chi connectivity index (χ2n) is 7.37. The quantitative estimate of drug-likeness (QED) is 0.381. The van der Waals surface area contributed by atoms with Crippen LogP contribution in [0.4, 0.5) is 0 Å². The number of ether oxygens (including phenoxy) is 1. The molecule has 0 spiro atoms. The van der Waals surface area contributed by atoms with Crippen molar-refractivity contribution in [3.8, 4) is 0 Å². The maximum absolute atomic E-state index is 13.0. The van der Waals surface area contributed by atoms with Gasteiger partial charge in [0.05, 0.1) is 13.4 Å². The first kappa shape index (κ1) is 21.9. The van der Waals surface area contributed by atoms with E-state index in [0.29, 0.717) is 0 Å². The molecule has 0 aliphatic heterocycles. The van der Waals surface area contributed by atoms with Crippen LogP contribution in [0.5, 0.6) is 0 Å². The summed E-state index contributed by atoms with van der Waals surface area (Å²) in [4.78, 5) is 40.9. The van der Waals surface area contributed by atoms with E-state index in [2.05, 4.69) is 15.6 Å². The number of rotatable bonds is 8. The van der Waals surface area contributed by atoms with Crippen molar-refractivity contribution in [1.82, 2.24) is 15.6 Å². The van der Waals surface area contributed by atoms with Gasteiger partial charge in [0.2, 0.25) is 0 Å². The third-order valence-corrected chi connectivity index (χ3v) is 4.63.